The first kappa shape index (κ1) is 12.2. The number of nitrogens with one attached hydrogen (secondary N) is 1. The van der Waals surface area contributed by atoms with Gasteiger partial charge >= 0.3 is 0 Å². The van der Waals surface area contributed by atoms with E-state index in [9.17, 15) is 0 Å². The highest BCUT2D eigenvalue weighted by Crippen LogP contribution is 2.28. The number of piperidine rings is 1. The van der Waals surface area contributed by atoms with Crippen molar-refractivity contribution in [3.63, 3.8) is 0 Å². The van der Waals surface area contributed by atoms with Gasteiger partial charge in [0.05, 0.1) is 0 Å². The molecule has 2 saturated heterocycles. The molecule has 2 aliphatic heterocycles. The van der Waals surface area contributed by atoms with E-state index in [2.05, 4.69) is 40.5 Å². The van der Waals surface area contributed by atoms with Gasteiger partial charge in [-0.3, -0.25) is 0 Å². The Balaban J connectivity index is 1.69. The first-order valence-electron chi connectivity index (χ1n) is 7.44. The van der Waals surface area contributed by atoms with E-state index in [1.54, 1.807) is 0 Å². The topological polar surface area (TPSA) is 15.3 Å². The molecule has 18 heavy (non-hydrogen) atoms. The Morgan fingerprint density at radius 1 is 1.06 bits per heavy atom. The van der Waals surface area contributed by atoms with Gasteiger partial charge < -0.3 is 10.2 Å². The fraction of sp³-hybridized carbons (Fsp3) is 0.625. The molecule has 1 aromatic carbocycles. The second-order valence-electron chi connectivity index (χ2n) is 5.73. The van der Waals surface area contributed by atoms with Gasteiger partial charge in [0, 0.05) is 18.5 Å². The number of likely N-dealkylation sites (tertiary alicyclic amines) is 1. The van der Waals surface area contributed by atoms with E-state index >= 15 is 0 Å². The summed E-state index contributed by atoms with van der Waals surface area (Å²) in [4.78, 5) is 2.64. The Labute approximate surface area is 110 Å². The maximum absolute atomic E-state index is 3.75. The molecule has 98 valence electrons. The monoisotopic (exact) mass is 244 g/mol. The van der Waals surface area contributed by atoms with Crippen LogP contribution in [0.4, 0.5) is 0 Å². The van der Waals surface area contributed by atoms with E-state index in [0.717, 1.165) is 0 Å². The largest absolute Gasteiger partial charge is 0.312 e. The molecule has 2 aliphatic rings. The van der Waals surface area contributed by atoms with Crippen LogP contribution in [-0.2, 0) is 0 Å². The van der Waals surface area contributed by atoms with Gasteiger partial charge in [0.15, 0.2) is 0 Å². The van der Waals surface area contributed by atoms with Crippen molar-refractivity contribution < 1.29 is 0 Å². The molecule has 0 bridgehead atoms. The minimum Gasteiger partial charge on any atom is -0.312 e. The van der Waals surface area contributed by atoms with Crippen LogP contribution < -0.4 is 5.32 Å². The van der Waals surface area contributed by atoms with E-state index in [0.29, 0.717) is 12.0 Å². The lowest BCUT2D eigenvalue weighted by Gasteiger charge is -2.35. The molecular formula is C16H24N2. The average Bonchev–Trinajstić information content (AvgIpc) is 2.93. The van der Waals surface area contributed by atoms with Gasteiger partial charge in [0.1, 0.15) is 0 Å². The zero-order valence-corrected chi connectivity index (χ0v) is 11.1. The molecule has 2 heteroatoms. The Hall–Kier alpha value is -0.860. The number of benzene rings is 1. The van der Waals surface area contributed by atoms with Crippen LogP contribution in [-0.4, -0.2) is 37.1 Å². The van der Waals surface area contributed by atoms with Crippen LogP contribution in [0.3, 0.4) is 0 Å². The summed E-state index contributed by atoms with van der Waals surface area (Å²) in [6.45, 7) is 5.04. The van der Waals surface area contributed by atoms with Crippen LogP contribution in [0, 0.1) is 0 Å². The normalized spacial score (nSPS) is 29.6. The van der Waals surface area contributed by atoms with E-state index < -0.39 is 0 Å². The summed E-state index contributed by atoms with van der Waals surface area (Å²) in [7, 11) is 0. The molecule has 0 aliphatic carbocycles. The number of rotatable bonds is 3. The van der Waals surface area contributed by atoms with E-state index in [1.807, 2.05) is 0 Å². The third kappa shape index (κ3) is 2.76. The minimum atomic E-state index is 0.652. The predicted molar refractivity (Wildman–Crippen MR) is 75.9 cm³/mol. The summed E-state index contributed by atoms with van der Waals surface area (Å²) in [6.07, 6.45) is 5.44. The van der Waals surface area contributed by atoms with Crippen molar-refractivity contribution in [2.24, 2.45) is 0 Å². The van der Waals surface area contributed by atoms with Gasteiger partial charge in [-0.1, -0.05) is 30.3 Å². The van der Waals surface area contributed by atoms with Crippen molar-refractivity contribution in [2.45, 2.75) is 37.6 Å². The predicted octanol–water partition coefficient (Wildman–Crippen LogP) is 2.62. The molecule has 0 radical (unpaired) electrons. The zero-order chi connectivity index (χ0) is 12.2. The summed E-state index contributed by atoms with van der Waals surface area (Å²) in [5, 5.41) is 3.75. The number of hydrogen-bond donors (Lipinski definition) is 1. The van der Waals surface area contributed by atoms with Crippen molar-refractivity contribution in [3.8, 4) is 0 Å². The van der Waals surface area contributed by atoms with E-state index in [4.69, 9.17) is 0 Å². The summed E-state index contributed by atoms with van der Waals surface area (Å²) in [5.41, 5.74) is 1.52. The van der Waals surface area contributed by atoms with Crippen LogP contribution in [0.2, 0.25) is 0 Å². The maximum atomic E-state index is 3.75. The fourth-order valence-electron chi connectivity index (χ4n) is 3.49. The van der Waals surface area contributed by atoms with Gasteiger partial charge in [0.2, 0.25) is 0 Å². The fourth-order valence-corrected chi connectivity index (χ4v) is 3.49. The summed E-state index contributed by atoms with van der Waals surface area (Å²) >= 11 is 0. The van der Waals surface area contributed by atoms with E-state index in [-0.39, 0.29) is 0 Å². The van der Waals surface area contributed by atoms with Crippen molar-refractivity contribution in [1.82, 2.24) is 10.2 Å². The second kappa shape index (κ2) is 5.85. The van der Waals surface area contributed by atoms with Crippen LogP contribution >= 0.6 is 0 Å². The standard InChI is InChI=1S/C16H24N2/c1-2-7-14(8-3-1)15-9-6-10-17-16(15)13-18-11-4-5-12-18/h1-3,7-8,15-17H,4-6,9-13H2. The molecule has 2 nitrogen and oxygen atoms in total. The zero-order valence-electron chi connectivity index (χ0n) is 11.1. The Morgan fingerprint density at radius 2 is 1.83 bits per heavy atom. The average molecular weight is 244 g/mol. The highest BCUT2D eigenvalue weighted by molar-refractivity contribution is 5.22. The summed E-state index contributed by atoms with van der Waals surface area (Å²) < 4.78 is 0. The lowest BCUT2D eigenvalue weighted by molar-refractivity contribution is 0.242. The first-order chi connectivity index (χ1) is 8.93. The third-order valence-corrected chi connectivity index (χ3v) is 4.47. The van der Waals surface area contributed by atoms with Crippen molar-refractivity contribution in [2.75, 3.05) is 26.2 Å². The van der Waals surface area contributed by atoms with Crippen molar-refractivity contribution >= 4 is 0 Å². The van der Waals surface area contributed by atoms with Gasteiger partial charge in [0.25, 0.3) is 0 Å². The molecule has 2 fully saturated rings. The Bertz CT molecular complexity index is 357. The van der Waals surface area contributed by atoms with Gasteiger partial charge in [-0.05, 0) is 50.9 Å². The van der Waals surface area contributed by atoms with Crippen LogP contribution in [0.1, 0.15) is 37.2 Å². The third-order valence-electron chi connectivity index (χ3n) is 4.47. The van der Waals surface area contributed by atoms with Crippen molar-refractivity contribution in [1.29, 1.82) is 0 Å². The molecule has 2 heterocycles. The quantitative estimate of drug-likeness (QED) is 0.879. The Kier molecular flexibility index (Phi) is 3.96. The molecule has 0 spiro atoms. The van der Waals surface area contributed by atoms with Crippen LogP contribution in [0.25, 0.3) is 0 Å². The maximum Gasteiger partial charge on any atom is 0.0263 e. The lowest BCUT2D eigenvalue weighted by Crippen LogP contribution is -2.47. The summed E-state index contributed by atoms with van der Waals surface area (Å²) in [6, 6.07) is 11.7. The van der Waals surface area contributed by atoms with E-state index in [1.165, 1.54) is 57.4 Å². The smallest absolute Gasteiger partial charge is 0.0263 e. The number of hydrogen-bond acceptors (Lipinski definition) is 2. The molecule has 0 saturated carbocycles. The Morgan fingerprint density at radius 3 is 2.61 bits per heavy atom. The molecule has 2 atom stereocenters. The first-order valence-corrected chi connectivity index (χ1v) is 7.44. The van der Waals surface area contributed by atoms with Crippen molar-refractivity contribution in [3.05, 3.63) is 35.9 Å². The molecule has 2 unspecified atom stereocenters. The highest BCUT2D eigenvalue weighted by Gasteiger charge is 2.28. The summed E-state index contributed by atoms with van der Waals surface area (Å²) in [5.74, 6) is 0.709. The second-order valence-corrected chi connectivity index (χ2v) is 5.73. The molecule has 0 aromatic heterocycles. The van der Waals surface area contributed by atoms with Gasteiger partial charge in [-0.2, -0.15) is 0 Å². The van der Waals surface area contributed by atoms with Crippen LogP contribution in [0.15, 0.2) is 30.3 Å². The SMILES string of the molecule is c1ccc(C2CCCNC2CN2CCCC2)cc1. The molecule has 1 aromatic rings. The minimum absolute atomic E-state index is 0.652. The number of nitrogens with zero attached hydrogens (tertiary/aromatic N) is 1. The lowest BCUT2D eigenvalue weighted by atomic mass is 9.84. The van der Waals surface area contributed by atoms with Gasteiger partial charge in [-0.15, -0.1) is 0 Å². The molecule has 1 N–H and O–H groups in total. The molecule has 3 rings (SSSR count). The molecule has 0 amide bonds. The van der Waals surface area contributed by atoms with Gasteiger partial charge in [-0.25, -0.2) is 0 Å². The molecular weight excluding hydrogens is 220 g/mol. The highest BCUT2D eigenvalue weighted by atomic mass is 15.2. The van der Waals surface area contributed by atoms with Crippen LogP contribution in [0.5, 0.6) is 0 Å².